The second-order valence-electron chi connectivity index (χ2n) is 15.7. The summed E-state index contributed by atoms with van der Waals surface area (Å²) in [6.45, 7) is 8.98. The largest absolute Gasteiger partial charge is 0.135 e. The minimum atomic E-state index is 1.25. The number of benzene rings is 10. The fourth-order valence-electron chi connectivity index (χ4n) is 9.96. The maximum atomic E-state index is 2.46. The van der Waals surface area contributed by atoms with E-state index in [9.17, 15) is 0 Å². The molecule has 0 unspecified atom stereocenters. The predicted octanol–water partition coefficient (Wildman–Crippen LogP) is 16.6. The predicted molar refractivity (Wildman–Crippen MR) is 250 cm³/mol. The molecule has 1 aromatic heterocycles. The zero-order chi connectivity index (χ0) is 38.4. The first-order valence-corrected chi connectivity index (χ1v) is 20.8. The van der Waals surface area contributed by atoms with Crippen molar-refractivity contribution in [3.63, 3.8) is 0 Å². The van der Waals surface area contributed by atoms with Gasteiger partial charge in [-0.3, -0.25) is 0 Å². The van der Waals surface area contributed by atoms with Gasteiger partial charge in [0.2, 0.25) is 0 Å². The first kappa shape index (κ1) is 33.8. The van der Waals surface area contributed by atoms with Crippen molar-refractivity contribution in [1.82, 2.24) is 0 Å². The van der Waals surface area contributed by atoms with Crippen LogP contribution in [0.3, 0.4) is 0 Å². The molecule has 1 heterocycles. The van der Waals surface area contributed by atoms with E-state index in [-0.39, 0.29) is 0 Å². The summed E-state index contributed by atoms with van der Waals surface area (Å²) in [7, 11) is 0. The Morgan fingerprint density at radius 2 is 0.649 bits per heavy atom. The second-order valence-corrected chi connectivity index (χ2v) is 16.8. The molecule has 1 heteroatoms. The highest BCUT2D eigenvalue weighted by atomic mass is 32.1. The lowest BCUT2D eigenvalue weighted by atomic mass is 9.83. The summed E-state index contributed by atoms with van der Waals surface area (Å²) in [4.78, 5) is 0. The van der Waals surface area contributed by atoms with Gasteiger partial charge in [-0.05, 0) is 138 Å². The van der Waals surface area contributed by atoms with Crippen LogP contribution in [0.25, 0.3) is 108 Å². The number of fused-ring (bicyclic) bond motifs is 7. The molecule has 0 fully saturated rings. The van der Waals surface area contributed by atoms with Crippen molar-refractivity contribution in [1.29, 1.82) is 0 Å². The van der Waals surface area contributed by atoms with Crippen molar-refractivity contribution < 1.29 is 0 Å². The smallest absolute Gasteiger partial charge is 0.0434 e. The van der Waals surface area contributed by atoms with Gasteiger partial charge < -0.3 is 0 Å². The number of hydrogen-bond acceptors (Lipinski definition) is 1. The highest BCUT2D eigenvalue weighted by Gasteiger charge is 2.22. The first-order chi connectivity index (χ1) is 28.0. The van der Waals surface area contributed by atoms with Crippen molar-refractivity contribution >= 4 is 74.6 Å². The molecule has 0 saturated carbocycles. The lowest BCUT2D eigenvalue weighted by Gasteiger charge is -2.20. The highest BCUT2D eigenvalue weighted by Crippen LogP contribution is 2.50. The van der Waals surface area contributed by atoms with E-state index in [1.807, 2.05) is 11.3 Å². The lowest BCUT2D eigenvalue weighted by Crippen LogP contribution is -1.94. The molecule has 0 nitrogen and oxygen atoms in total. The van der Waals surface area contributed by atoms with Crippen molar-refractivity contribution in [2.24, 2.45) is 0 Å². The Balaban J connectivity index is 1.18. The van der Waals surface area contributed by atoms with Crippen molar-refractivity contribution in [2.75, 3.05) is 0 Å². The molecule has 10 aromatic carbocycles. The van der Waals surface area contributed by atoms with E-state index < -0.39 is 0 Å². The Hall–Kier alpha value is -6.54. The van der Waals surface area contributed by atoms with Crippen LogP contribution < -0.4 is 0 Å². The summed E-state index contributed by atoms with van der Waals surface area (Å²) >= 11 is 1.93. The third-order valence-corrected chi connectivity index (χ3v) is 13.6. The number of hydrogen-bond donors (Lipinski definition) is 0. The first-order valence-electron chi connectivity index (χ1n) is 19.9. The molecule has 0 aliphatic heterocycles. The van der Waals surface area contributed by atoms with Gasteiger partial charge >= 0.3 is 0 Å². The molecule has 0 N–H and O–H groups in total. The molecule has 0 aliphatic rings. The molecular formula is C56H40S. The van der Waals surface area contributed by atoms with E-state index in [1.54, 1.807) is 0 Å². The van der Waals surface area contributed by atoms with Crippen LogP contribution in [0.5, 0.6) is 0 Å². The van der Waals surface area contributed by atoms with Gasteiger partial charge in [0, 0.05) is 25.7 Å². The topological polar surface area (TPSA) is 0 Å². The monoisotopic (exact) mass is 744 g/mol. The number of aryl methyl sites for hydroxylation is 4. The Morgan fingerprint density at radius 1 is 0.281 bits per heavy atom. The van der Waals surface area contributed by atoms with Crippen LogP contribution in [0.2, 0.25) is 0 Å². The minimum Gasteiger partial charge on any atom is -0.135 e. The summed E-state index contributed by atoms with van der Waals surface area (Å²) in [6, 6.07) is 63.6. The van der Waals surface area contributed by atoms with Crippen LogP contribution >= 0.6 is 11.3 Å². The van der Waals surface area contributed by atoms with Gasteiger partial charge in [0.25, 0.3) is 0 Å². The van der Waals surface area contributed by atoms with Crippen molar-refractivity contribution in [2.45, 2.75) is 27.7 Å². The SMILES string of the molecule is Cc1cccc(C)c1-c1c2ccccc2c(-c2ccc3c(c2)sc2c(-c4c5ccccc5c(-c5c(C)cccc5C)c5ccccc45)cccc23)c2ccccc12. The van der Waals surface area contributed by atoms with Crippen molar-refractivity contribution in [3.05, 3.63) is 192 Å². The third kappa shape index (κ3) is 5.05. The molecular weight excluding hydrogens is 705 g/mol. The standard InChI is InChI=1S/C56H40S/c1-33-16-13-17-34(2)50(33)54-43-24-9-5-20-39(43)52(40-21-6-10-25-44(40)54)37-30-31-38-47-28-15-29-48(56(47)57-49(38)32-37)53-41-22-7-11-26-45(41)55(46-27-12-8-23-42(46)53)51-35(3)18-14-19-36(51)4/h5-32H,1-4H3. The average molecular weight is 745 g/mol. The zero-order valence-electron chi connectivity index (χ0n) is 32.6. The molecule has 0 aliphatic carbocycles. The van der Waals surface area contributed by atoms with E-state index in [0.29, 0.717) is 0 Å². The Labute approximate surface area is 337 Å². The number of rotatable bonds is 4. The molecule has 11 rings (SSSR count). The molecule has 11 aromatic rings. The summed E-state index contributed by atoms with van der Waals surface area (Å²) in [5.41, 5.74) is 15.7. The molecule has 0 bridgehead atoms. The summed E-state index contributed by atoms with van der Waals surface area (Å²) in [5.74, 6) is 0. The van der Waals surface area contributed by atoms with Gasteiger partial charge in [0.05, 0.1) is 0 Å². The van der Waals surface area contributed by atoms with Crippen LogP contribution in [0.15, 0.2) is 170 Å². The van der Waals surface area contributed by atoms with Crippen LogP contribution in [0.1, 0.15) is 22.3 Å². The average Bonchev–Trinajstić information content (AvgIpc) is 3.61. The second kappa shape index (κ2) is 13.0. The minimum absolute atomic E-state index is 1.25. The van der Waals surface area contributed by atoms with Gasteiger partial charge in [0.1, 0.15) is 0 Å². The van der Waals surface area contributed by atoms with Crippen LogP contribution in [-0.2, 0) is 0 Å². The Bertz CT molecular complexity index is 3290. The van der Waals surface area contributed by atoms with Crippen LogP contribution in [-0.4, -0.2) is 0 Å². The lowest BCUT2D eigenvalue weighted by molar-refractivity contribution is 1.39. The van der Waals surface area contributed by atoms with Gasteiger partial charge in [0.15, 0.2) is 0 Å². The molecule has 0 atom stereocenters. The van der Waals surface area contributed by atoms with E-state index in [4.69, 9.17) is 0 Å². The van der Waals surface area contributed by atoms with Gasteiger partial charge in [-0.25, -0.2) is 0 Å². The van der Waals surface area contributed by atoms with E-state index in [1.165, 1.54) is 130 Å². The molecule has 0 radical (unpaired) electrons. The van der Waals surface area contributed by atoms with Gasteiger partial charge in [-0.2, -0.15) is 0 Å². The Kier molecular flexibility index (Phi) is 7.71. The molecule has 57 heavy (non-hydrogen) atoms. The van der Waals surface area contributed by atoms with E-state index >= 15 is 0 Å². The highest BCUT2D eigenvalue weighted by molar-refractivity contribution is 7.26. The van der Waals surface area contributed by atoms with Crippen LogP contribution in [0.4, 0.5) is 0 Å². The number of thiophene rings is 1. The summed E-state index contributed by atoms with van der Waals surface area (Å²) in [5, 5.41) is 13.0. The molecule has 0 saturated heterocycles. The zero-order valence-corrected chi connectivity index (χ0v) is 33.4. The summed E-state index contributed by atoms with van der Waals surface area (Å²) in [6.07, 6.45) is 0. The van der Waals surface area contributed by atoms with Crippen LogP contribution in [0, 0.1) is 27.7 Å². The molecule has 270 valence electrons. The third-order valence-electron chi connectivity index (χ3n) is 12.4. The van der Waals surface area contributed by atoms with Gasteiger partial charge in [-0.1, -0.05) is 164 Å². The fourth-order valence-corrected chi connectivity index (χ4v) is 11.2. The van der Waals surface area contributed by atoms with Crippen molar-refractivity contribution in [3.8, 4) is 44.5 Å². The Morgan fingerprint density at radius 3 is 1.09 bits per heavy atom. The fraction of sp³-hybridized carbons (Fsp3) is 0.0714. The molecule has 0 spiro atoms. The maximum absolute atomic E-state index is 2.46. The van der Waals surface area contributed by atoms with E-state index in [2.05, 4.69) is 198 Å². The summed E-state index contributed by atoms with van der Waals surface area (Å²) < 4.78 is 2.64. The van der Waals surface area contributed by atoms with Gasteiger partial charge in [-0.15, -0.1) is 11.3 Å². The normalized spacial score (nSPS) is 11.9. The quantitative estimate of drug-likeness (QED) is 0.157. The van der Waals surface area contributed by atoms with E-state index in [0.717, 1.165) is 0 Å². The maximum Gasteiger partial charge on any atom is 0.0434 e. The molecule has 0 amide bonds.